The van der Waals surface area contributed by atoms with Crippen molar-refractivity contribution in [2.75, 3.05) is 6.61 Å². The van der Waals surface area contributed by atoms with Crippen LogP contribution in [0.2, 0.25) is 5.82 Å². The molecular weight excluding hydrogens is 203 g/mol. The number of fused-ring (bicyclic) bond motifs is 1. The zero-order chi connectivity index (χ0) is 11.6. The van der Waals surface area contributed by atoms with Crippen LogP contribution in [0.3, 0.4) is 0 Å². The Kier molecular flexibility index (Phi) is 2.24. The van der Waals surface area contributed by atoms with Crippen molar-refractivity contribution in [1.29, 1.82) is 0 Å². The molecule has 0 radical (unpaired) electrons. The van der Waals surface area contributed by atoms with E-state index in [-0.39, 0.29) is 18.3 Å². The zero-order valence-electron chi connectivity index (χ0n) is 10.7. The molecule has 0 unspecified atom stereocenters. The molecule has 1 saturated carbocycles. The van der Waals surface area contributed by atoms with E-state index in [0.717, 1.165) is 6.61 Å². The lowest BCUT2D eigenvalue weighted by atomic mass is 9.80. The summed E-state index contributed by atoms with van der Waals surface area (Å²) in [6.45, 7) is 9.36. The van der Waals surface area contributed by atoms with Crippen molar-refractivity contribution in [2.24, 2.45) is 5.92 Å². The zero-order valence-corrected chi connectivity index (χ0v) is 10.7. The maximum absolute atomic E-state index is 6.08. The van der Waals surface area contributed by atoms with Crippen LogP contribution in [0.1, 0.15) is 40.5 Å². The van der Waals surface area contributed by atoms with E-state index in [0.29, 0.717) is 17.8 Å². The van der Waals surface area contributed by atoms with E-state index < -0.39 is 0 Å². The van der Waals surface area contributed by atoms with Gasteiger partial charge in [0.2, 0.25) is 0 Å². The van der Waals surface area contributed by atoms with Gasteiger partial charge in [0.15, 0.2) is 0 Å². The van der Waals surface area contributed by atoms with Crippen molar-refractivity contribution in [3.63, 3.8) is 0 Å². The summed E-state index contributed by atoms with van der Waals surface area (Å²) in [6.07, 6.45) is 2.87. The van der Waals surface area contributed by atoms with Crippen LogP contribution in [0.15, 0.2) is 0 Å². The van der Waals surface area contributed by atoms with Gasteiger partial charge < -0.3 is 14.0 Å². The first-order chi connectivity index (χ1) is 7.42. The highest BCUT2D eigenvalue weighted by Gasteiger charge is 2.65. The number of rotatable bonds is 1. The predicted octanol–water partition coefficient (Wildman–Crippen LogP) is 2.26. The third-order valence-corrected chi connectivity index (χ3v) is 4.73. The number of hydrogen-bond donors (Lipinski definition) is 0. The van der Waals surface area contributed by atoms with Gasteiger partial charge >= 0.3 is 7.12 Å². The Bertz CT molecular complexity index is 275. The average molecular weight is 224 g/mol. The molecule has 2 saturated heterocycles. The van der Waals surface area contributed by atoms with Crippen LogP contribution in [0.5, 0.6) is 0 Å². The quantitative estimate of drug-likeness (QED) is 0.639. The molecule has 4 heteroatoms. The molecule has 16 heavy (non-hydrogen) atoms. The van der Waals surface area contributed by atoms with Crippen LogP contribution in [0.25, 0.3) is 0 Å². The Morgan fingerprint density at radius 2 is 1.69 bits per heavy atom. The van der Waals surface area contributed by atoms with E-state index in [1.165, 1.54) is 12.8 Å². The molecule has 2 heterocycles. The molecule has 0 aromatic carbocycles. The van der Waals surface area contributed by atoms with Gasteiger partial charge in [0.05, 0.1) is 17.3 Å². The van der Waals surface area contributed by atoms with E-state index in [1.807, 2.05) is 0 Å². The van der Waals surface area contributed by atoms with Gasteiger partial charge in [-0.3, -0.25) is 0 Å². The highest BCUT2D eigenvalue weighted by Crippen LogP contribution is 2.58. The van der Waals surface area contributed by atoms with E-state index in [9.17, 15) is 0 Å². The third-order valence-electron chi connectivity index (χ3n) is 4.73. The van der Waals surface area contributed by atoms with Gasteiger partial charge in [-0.05, 0) is 46.5 Å². The van der Waals surface area contributed by atoms with Gasteiger partial charge in [0, 0.05) is 12.4 Å². The Morgan fingerprint density at radius 1 is 1.06 bits per heavy atom. The molecule has 0 spiro atoms. The van der Waals surface area contributed by atoms with E-state index in [4.69, 9.17) is 14.0 Å². The SMILES string of the molecule is CC1(C)OB([C@@H]2[C@@H]3CCCO[C@@H]32)OC1(C)C. The molecule has 0 bridgehead atoms. The Morgan fingerprint density at radius 3 is 2.19 bits per heavy atom. The smallest absolute Gasteiger partial charge is 0.403 e. The molecule has 3 aliphatic rings. The first kappa shape index (κ1) is 11.1. The lowest BCUT2D eigenvalue weighted by Gasteiger charge is -2.32. The number of ether oxygens (including phenoxy) is 1. The minimum atomic E-state index is -0.205. The van der Waals surface area contributed by atoms with E-state index >= 15 is 0 Å². The van der Waals surface area contributed by atoms with Crippen LogP contribution >= 0.6 is 0 Å². The second-order valence-corrected chi connectivity index (χ2v) is 6.34. The first-order valence-corrected chi connectivity index (χ1v) is 6.40. The fourth-order valence-corrected chi connectivity index (χ4v) is 2.90. The monoisotopic (exact) mass is 224 g/mol. The van der Waals surface area contributed by atoms with Gasteiger partial charge in [-0.25, -0.2) is 0 Å². The van der Waals surface area contributed by atoms with E-state index in [2.05, 4.69) is 27.7 Å². The van der Waals surface area contributed by atoms with Crippen LogP contribution in [0.4, 0.5) is 0 Å². The van der Waals surface area contributed by atoms with Crippen molar-refractivity contribution < 1.29 is 14.0 Å². The molecule has 3 fully saturated rings. The van der Waals surface area contributed by atoms with Crippen molar-refractivity contribution >= 4 is 7.12 Å². The summed E-state index contributed by atoms with van der Waals surface area (Å²) < 4.78 is 17.9. The Balaban J connectivity index is 1.71. The van der Waals surface area contributed by atoms with Gasteiger partial charge in [-0.15, -0.1) is 0 Å². The van der Waals surface area contributed by atoms with Crippen molar-refractivity contribution in [3.8, 4) is 0 Å². The van der Waals surface area contributed by atoms with Gasteiger partial charge in [0.25, 0.3) is 0 Å². The maximum atomic E-state index is 6.08. The van der Waals surface area contributed by atoms with Crippen LogP contribution in [-0.4, -0.2) is 31.0 Å². The van der Waals surface area contributed by atoms with Crippen LogP contribution in [0, 0.1) is 5.92 Å². The molecule has 0 N–H and O–H groups in total. The molecule has 0 aromatic rings. The minimum Gasteiger partial charge on any atom is -0.403 e. The molecular formula is C12H21BO3. The summed E-state index contributed by atoms with van der Waals surface area (Å²) in [4.78, 5) is 0. The van der Waals surface area contributed by atoms with Gasteiger partial charge in [-0.1, -0.05) is 0 Å². The van der Waals surface area contributed by atoms with E-state index in [1.54, 1.807) is 0 Å². The van der Waals surface area contributed by atoms with Crippen LogP contribution < -0.4 is 0 Å². The highest BCUT2D eigenvalue weighted by molar-refractivity contribution is 6.49. The largest absolute Gasteiger partial charge is 0.464 e. The lowest BCUT2D eigenvalue weighted by Crippen LogP contribution is -2.41. The second kappa shape index (κ2) is 3.24. The molecule has 3 atom stereocenters. The summed E-state index contributed by atoms with van der Waals surface area (Å²) in [5.41, 5.74) is -0.410. The molecule has 1 aliphatic carbocycles. The fourth-order valence-electron chi connectivity index (χ4n) is 2.90. The topological polar surface area (TPSA) is 27.7 Å². The van der Waals surface area contributed by atoms with Crippen molar-refractivity contribution in [3.05, 3.63) is 0 Å². The van der Waals surface area contributed by atoms with Gasteiger partial charge in [-0.2, -0.15) is 0 Å². The fraction of sp³-hybridized carbons (Fsp3) is 1.00. The summed E-state index contributed by atoms with van der Waals surface area (Å²) in [6, 6.07) is 0. The summed E-state index contributed by atoms with van der Waals surface area (Å²) in [7, 11) is -0.0573. The van der Waals surface area contributed by atoms with Crippen molar-refractivity contribution in [1.82, 2.24) is 0 Å². The predicted molar refractivity (Wildman–Crippen MR) is 62.3 cm³/mol. The van der Waals surface area contributed by atoms with Gasteiger partial charge in [0.1, 0.15) is 0 Å². The highest BCUT2D eigenvalue weighted by atomic mass is 16.7. The molecule has 3 nitrogen and oxygen atoms in total. The summed E-state index contributed by atoms with van der Waals surface area (Å²) >= 11 is 0. The van der Waals surface area contributed by atoms with Crippen molar-refractivity contribution in [2.45, 2.75) is 63.7 Å². The van der Waals surface area contributed by atoms with Crippen LogP contribution in [-0.2, 0) is 14.0 Å². The second-order valence-electron chi connectivity index (χ2n) is 6.34. The molecule has 0 aromatic heterocycles. The minimum absolute atomic E-state index is 0.0573. The molecule has 0 amide bonds. The number of hydrogen-bond acceptors (Lipinski definition) is 3. The normalized spacial score (nSPS) is 44.2. The molecule has 3 rings (SSSR count). The Labute approximate surface area is 98.0 Å². The summed E-state index contributed by atoms with van der Waals surface area (Å²) in [5.74, 6) is 1.16. The lowest BCUT2D eigenvalue weighted by molar-refractivity contribution is 0.00578. The average Bonchev–Trinajstić information content (AvgIpc) is 2.84. The first-order valence-electron chi connectivity index (χ1n) is 6.40. The maximum Gasteiger partial charge on any atom is 0.464 e. The molecule has 90 valence electrons. The third kappa shape index (κ3) is 1.46. The standard InChI is InChI=1S/C12H21BO3/c1-11(2)12(3,4)16-13(15-11)9-8-6-5-7-14-10(8)9/h8-10H,5-7H2,1-4H3/t8-,9+,10-/m0/s1. The molecule has 2 aliphatic heterocycles. The Hall–Kier alpha value is -0.0551. The summed E-state index contributed by atoms with van der Waals surface area (Å²) in [5, 5.41) is 0.